The van der Waals surface area contributed by atoms with Crippen LogP contribution in [0.3, 0.4) is 0 Å². The Morgan fingerprint density at radius 2 is 2.00 bits per heavy atom. The topological polar surface area (TPSA) is 55.2 Å². The minimum Gasteiger partial charge on any atom is -0.316 e. The van der Waals surface area contributed by atoms with Crippen LogP contribution in [-0.4, -0.2) is 18.5 Å². The lowest BCUT2D eigenvalue weighted by Gasteiger charge is -1.83. The van der Waals surface area contributed by atoms with Crippen LogP contribution in [0.25, 0.3) is 0 Å². The first-order valence-electron chi connectivity index (χ1n) is 3.55. The number of nitrogens with zero attached hydrogens (tertiary/aromatic N) is 1. The number of nitrogens with one attached hydrogen (secondary N) is 1. The average Bonchev–Trinajstić information content (AvgIpc) is 2.02. The highest BCUT2D eigenvalue weighted by molar-refractivity contribution is 5.09. The first-order chi connectivity index (χ1) is 5.77. The largest absolute Gasteiger partial charge is 0.316 e. The predicted octanol–water partition coefficient (Wildman–Crippen LogP) is 1.11. The summed E-state index contributed by atoms with van der Waals surface area (Å²) in [5, 5.41) is 12.7. The maximum atomic E-state index is 9.79. The number of rotatable bonds is 5. The Morgan fingerprint density at radius 3 is 2.58 bits per heavy atom. The van der Waals surface area contributed by atoms with E-state index in [-0.39, 0.29) is 0 Å². The molecule has 12 heavy (non-hydrogen) atoms. The van der Waals surface area contributed by atoms with Crippen molar-refractivity contribution in [1.29, 1.82) is 0 Å². The summed E-state index contributed by atoms with van der Waals surface area (Å²) >= 11 is 0. The molecule has 0 aliphatic heterocycles. The molecule has 0 aromatic heterocycles. The molecule has 0 radical (unpaired) electrons. The van der Waals surface area contributed by atoms with E-state index in [0.29, 0.717) is 0 Å². The Kier molecular flexibility index (Phi) is 6.78. The fourth-order valence-corrected chi connectivity index (χ4v) is 0.513. The van der Waals surface area contributed by atoms with Crippen LogP contribution in [0, 0.1) is 10.1 Å². The minimum atomic E-state index is -0.498. The number of likely N-dealkylation sites (N-methyl/N-ethyl adjacent to an activating group) is 1. The smallest absolute Gasteiger partial charge is 0.234 e. The van der Waals surface area contributed by atoms with E-state index in [2.05, 4.69) is 5.32 Å². The van der Waals surface area contributed by atoms with Crippen LogP contribution < -0.4 is 5.32 Å². The summed E-state index contributed by atoms with van der Waals surface area (Å²) in [7, 11) is 1.85. The quantitative estimate of drug-likeness (QED) is 0.380. The summed E-state index contributed by atoms with van der Waals surface area (Å²) in [4.78, 5) is 9.29. The van der Waals surface area contributed by atoms with E-state index in [9.17, 15) is 10.1 Å². The molecule has 0 rings (SSSR count). The molecule has 0 spiro atoms. The highest BCUT2D eigenvalue weighted by atomic mass is 16.6. The molecule has 0 heterocycles. The molecular formula is C8H12N2O2. The van der Waals surface area contributed by atoms with Gasteiger partial charge in [0.1, 0.15) is 0 Å². The van der Waals surface area contributed by atoms with Gasteiger partial charge in [-0.05, 0) is 7.05 Å². The molecule has 0 aliphatic carbocycles. The van der Waals surface area contributed by atoms with Gasteiger partial charge in [0.15, 0.2) is 0 Å². The zero-order valence-electron chi connectivity index (χ0n) is 6.93. The van der Waals surface area contributed by atoms with Crippen molar-refractivity contribution >= 4 is 0 Å². The van der Waals surface area contributed by atoms with Gasteiger partial charge in [0.2, 0.25) is 6.20 Å². The maximum absolute atomic E-state index is 9.79. The molecule has 0 bridgehead atoms. The lowest BCUT2D eigenvalue weighted by Crippen LogP contribution is -2.03. The van der Waals surface area contributed by atoms with Gasteiger partial charge in [0.05, 0.1) is 4.92 Å². The molecule has 0 saturated carbocycles. The second-order valence-corrected chi connectivity index (χ2v) is 2.00. The van der Waals surface area contributed by atoms with E-state index >= 15 is 0 Å². The molecule has 0 aromatic carbocycles. The van der Waals surface area contributed by atoms with Crippen LogP contribution in [-0.2, 0) is 0 Å². The molecular weight excluding hydrogens is 156 g/mol. The maximum Gasteiger partial charge on any atom is 0.234 e. The molecule has 0 atom stereocenters. The van der Waals surface area contributed by atoms with Gasteiger partial charge >= 0.3 is 0 Å². The predicted molar refractivity (Wildman–Crippen MR) is 48.3 cm³/mol. The van der Waals surface area contributed by atoms with Crippen molar-refractivity contribution in [3.8, 4) is 0 Å². The normalized spacial score (nSPS) is 12.1. The molecule has 4 nitrogen and oxygen atoms in total. The van der Waals surface area contributed by atoms with Crippen molar-refractivity contribution in [1.82, 2.24) is 5.32 Å². The standard InChI is InChI=1S/C8H12N2O2/c1-9-7-5-3-2-4-6-8-10(11)12/h2-6,8-9H,7H2,1H3/b4-2-,5-3+,8-6+. The summed E-state index contributed by atoms with van der Waals surface area (Å²) in [6, 6.07) is 0. The summed E-state index contributed by atoms with van der Waals surface area (Å²) < 4.78 is 0. The molecule has 4 heteroatoms. The van der Waals surface area contributed by atoms with Crippen LogP contribution in [0.1, 0.15) is 0 Å². The van der Waals surface area contributed by atoms with Crippen LogP contribution in [0.15, 0.2) is 36.6 Å². The zero-order valence-corrected chi connectivity index (χ0v) is 6.93. The van der Waals surface area contributed by atoms with Crippen LogP contribution in [0.4, 0.5) is 0 Å². The van der Waals surface area contributed by atoms with Gasteiger partial charge in [0.25, 0.3) is 0 Å². The van der Waals surface area contributed by atoms with Gasteiger partial charge in [-0.15, -0.1) is 0 Å². The monoisotopic (exact) mass is 168 g/mol. The Labute approximate surface area is 71.4 Å². The average molecular weight is 168 g/mol. The third kappa shape index (κ3) is 8.58. The van der Waals surface area contributed by atoms with Crippen molar-refractivity contribution in [2.45, 2.75) is 0 Å². The highest BCUT2D eigenvalue weighted by Gasteiger charge is 1.77. The second kappa shape index (κ2) is 7.68. The van der Waals surface area contributed by atoms with E-state index in [4.69, 9.17) is 0 Å². The van der Waals surface area contributed by atoms with Crippen LogP contribution in [0.2, 0.25) is 0 Å². The molecule has 0 amide bonds. The number of allylic oxidation sites excluding steroid dienone is 4. The lowest BCUT2D eigenvalue weighted by atomic mass is 10.4. The van der Waals surface area contributed by atoms with Gasteiger partial charge in [-0.3, -0.25) is 10.1 Å². The molecule has 0 aromatic rings. The Balaban J connectivity index is 3.56. The Morgan fingerprint density at radius 1 is 1.33 bits per heavy atom. The van der Waals surface area contributed by atoms with Crippen LogP contribution in [0.5, 0.6) is 0 Å². The molecule has 0 saturated heterocycles. The molecule has 66 valence electrons. The summed E-state index contributed by atoms with van der Waals surface area (Å²) in [6.45, 7) is 0.795. The second-order valence-electron chi connectivity index (χ2n) is 2.00. The van der Waals surface area contributed by atoms with Gasteiger partial charge in [0, 0.05) is 12.6 Å². The fraction of sp³-hybridized carbons (Fsp3) is 0.250. The molecule has 1 N–H and O–H groups in total. The summed E-state index contributed by atoms with van der Waals surface area (Å²) in [6.07, 6.45) is 9.34. The SMILES string of the molecule is CNC/C=C/C=C\C=C\[N+](=O)[O-]. The third-order valence-electron chi connectivity index (χ3n) is 0.999. The van der Waals surface area contributed by atoms with E-state index in [1.165, 1.54) is 6.08 Å². The van der Waals surface area contributed by atoms with Crippen molar-refractivity contribution in [3.05, 3.63) is 46.7 Å². The van der Waals surface area contributed by atoms with Gasteiger partial charge in [-0.25, -0.2) is 0 Å². The van der Waals surface area contributed by atoms with Gasteiger partial charge < -0.3 is 5.32 Å². The van der Waals surface area contributed by atoms with Gasteiger partial charge in [-0.2, -0.15) is 0 Å². The molecule has 0 aliphatic rings. The number of nitro groups is 1. The number of hydrogen-bond acceptors (Lipinski definition) is 3. The first-order valence-corrected chi connectivity index (χ1v) is 3.55. The van der Waals surface area contributed by atoms with Crippen LogP contribution >= 0.6 is 0 Å². The molecule has 0 unspecified atom stereocenters. The summed E-state index contributed by atoms with van der Waals surface area (Å²) in [5.74, 6) is 0. The van der Waals surface area contributed by atoms with Gasteiger partial charge in [-0.1, -0.05) is 24.3 Å². The van der Waals surface area contributed by atoms with Crippen molar-refractivity contribution < 1.29 is 4.92 Å². The lowest BCUT2D eigenvalue weighted by molar-refractivity contribution is -0.402. The summed E-state index contributed by atoms with van der Waals surface area (Å²) in [5.41, 5.74) is 0. The first kappa shape index (κ1) is 10.6. The van der Waals surface area contributed by atoms with E-state index in [0.717, 1.165) is 12.7 Å². The molecule has 0 fully saturated rings. The van der Waals surface area contributed by atoms with Crippen molar-refractivity contribution in [2.75, 3.05) is 13.6 Å². The van der Waals surface area contributed by atoms with Crippen molar-refractivity contribution in [3.63, 3.8) is 0 Å². The minimum absolute atomic E-state index is 0.498. The van der Waals surface area contributed by atoms with E-state index < -0.39 is 4.92 Å². The third-order valence-corrected chi connectivity index (χ3v) is 0.999. The van der Waals surface area contributed by atoms with E-state index in [1.807, 2.05) is 19.2 Å². The van der Waals surface area contributed by atoms with Crippen molar-refractivity contribution in [2.24, 2.45) is 0 Å². The highest BCUT2D eigenvalue weighted by Crippen LogP contribution is 1.80. The fourth-order valence-electron chi connectivity index (χ4n) is 0.513. The zero-order chi connectivity index (χ0) is 9.23. The Hall–Kier alpha value is -1.42. The Bertz CT molecular complexity index is 207. The number of hydrogen-bond donors (Lipinski definition) is 1. The van der Waals surface area contributed by atoms with E-state index in [1.54, 1.807) is 12.2 Å².